The molecule has 1 atom stereocenters. The number of methoxy groups -OCH3 is 1. The molecule has 0 saturated carbocycles. The topological polar surface area (TPSA) is 32.8 Å². The van der Waals surface area contributed by atoms with Crippen molar-refractivity contribution in [2.24, 2.45) is 0 Å². The first-order chi connectivity index (χ1) is 11.0. The smallest absolute Gasteiger partial charge is 0.232 e. The van der Waals surface area contributed by atoms with Gasteiger partial charge >= 0.3 is 0 Å². The standard InChI is InChI=1S/C19H28N2O2/c1-19(2,16-8-4-5-9-17(16)23-3)18(22)21-13-10-15(14-21)20-11-6-7-12-20/h4-5,8-9,15H,6-7,10-14H2,1-3H3. The second kappa shape index (κ2) is 6.52. The van der Waals surface area contributed by atoms with E-state index in [0.29, 0.717) is 6.04 Å². The van der Waals surface area contributed by atoms with Crippen LogP contribution in [0.1, 0.15) is 38.7 Å². The molecule has 1 unspecified atom stereocenters. The molecule has 2 fully saturated rings. The van der Waals surface area contributed by atoms with Crippen molar-refractivity contribution in [1.29, 1.82) is 0 Å². The predicted molar refractivity (Wildman–Crippen MR) is 91.8 cm³/mol. The Morgan fingerprint density at radius 1 is 1.17 bits per heavy atom. The molecular formula is C19H28N2O2. The number of rotatable bonds is 4. The van der Waals surface area contributed by atoms with Gasteiger partial charge in [0.25, 0.3) is 0 Å². The average Bonchev–Trinajstić information content (AvgIpc) is 3.24. The van der Waals surface area contributed by atoms with Crippen LogP contribution in [-0.4, -0.2) is 55.0 Å². The Balaban J connectivity index is 1.74. The molecule has 4 nitrogen and oxygen atoms in total. The molecule has 1 aromatic rings. The SMILES string of the molecule is COc1ccccc1C(C)(C)C(=O)N1CCC(N2CCCC2)C1. The maximum atomic E-state index is 13.1. The number of amides is 1. The van der Waals surface area contributed by atoms with E-state index < -0.39 is 5.41 Å². The number of hydrogen-bond donors (Lipinski definition) is 0. The van der Waals surface area contributed by atoms with Crippen LogP contribution in [0.5, 0.6) is 5.75 Å². The lowest BCUT2D eigenvalue weighted by molar-refractivity contribution is -0.135. The maximum Gasteiger partial charge on any atom is 0.232 e. The van der Waals surface area contributed by atoms with Crippen LogP contribution in [0.15, 0.2) is 24.3 Å². The summed E-state index contributed by atoms with van der Waals surface area (Å²) in [7, 11) is 1.67. The zero-order valence-electron chi connectivity index (χ0n) is 14.5. The van der Waals surface area contributed by atoms with Crippen molar-refractivity contribution in [3.63, 3.8) is 0 Å². The second-order valence-corrected chi connectivity index (χ2v) is 7.26. The van der Waals surface area contributed by atoms with E-state index >= 15 is 0 Å². The van der Waals surface area contributed by atoms with Crippen LogP contribution in [0.3, 0.4) is 0 Å². The van der Waals surface area contributed by atoms with E-state index in [0.717, 1.165) is 30.8 Å². The fourth-order valence-corrected chi connectivity index (χ4v) is 4.00. The molecule has 0 radical (unpaired) electrons. The van der Waals surface area contributed by atoms with Gasteiger partial charge < -0.3 is 9.64 Å². The van der Waals surface area contributed by atoms with Crippen LogP contribution in [0.25, 0.3) is 0 Å². The number of ether oxygens (including phenoxy) is 1. The minimum absolute atomic E-state index is 0.212. The quantitative estimate of drug-likeness (QED) is 0.856. The Bertz CT molecular complexity index is 564. The van der Waals surface area contributed by atoms with Gasteiger partial charge in [-0.2, -0.15) is 0 Å². The largest absolute Gasteiger partial charge is 0.496 e. The van der Waals surface area contributed by atoms with Gasteiger partial charge in [0.1, 0.15) is 5.75 Å². The van der Waals surface area contributed by atoms with Crippen molar-refractivity contribution >= 4 is 5.91 Å². The Hall–Kier alpha value is -1.55. The van der Waals surface area contributed by atoms with E-state index in [9.17, 15) is 4.79 Å². The first-order valence-electron chi connectivity index (χ1n) is 8.71. The first kappa shape index (κ1) is 16.3. The van der Waals surface area contributed by atoms with Crippen molar-refractivity contribution in [1.82, 2.24) is 9.80 Å². The van der Waals surface area contributed by atoms with E-state index in [2.05, 4.69) is 9.80 Å². The molecule has 0 aliphatic carbocycles. The van der Waals surface area contributed by atoms with Crippen molar-refractivity contribution in [3.8, 4) is 5.75 Å². The molecule has 2 aliphatic heterocycles. The molecule has 2 heterocycles. The fraction of sp³-hybridized carbons (Fsp3) is 0.632. The highest BCUT2D eigenvalue weighted by molar-refractivity contribution is 5.88. The minimum Gasteiger partial charge on any atom is -0.496 e. The molecular weight excluding hydrogens is 288 g/mol. The average molecular weight is 316 g/mol. The Morgan fingerprint density at radius 2 is 1.87 bits per heavy atom. The molecule has 1 aromatic carbocycles. The normalized spacial score (nSPS) is 22.6. The van der Waals surface area contributed by atoms with Crippen molar-refractivity contribution in [2.45, 2.75) is 44.6 Å². The molecule has 2 saturated heterocycles. The summed E-state index contributed by atoms with van der Waals surface area (Å²) in [6.07, 6.45) is 3.71. The molecule has 0 N–H and O–H groups in total. The first-order valence-corrected chi connectivity index (χ1v) is 8.71. The van der Waals surface area contributed by atoms with Crippen LogP contribution in [0.4, 0.5) is 0 Å². The lowest BCUT2D eigenvalue weighted by Crippen LogP contribution is -2.44. The minimum atomic E-state index is -0.563. The van der Waals surface area contributed by atoms with Gasteiger partial charge in [-0.3, -0.25) is 9.69 Å². The van der Waals surface area contributed by atoms with Gasteiger partial charge in [-0.15, -0.1) is 0 Å². The molecule has 0 spiro atoms. The molecule has 3 rings (SSSR count). The monoisotopic (exact) mass is 316 g/mol. The third-order valence-corrected chi connectivity index (χ3v) is 5.42. The van der Waals surface area contributed by atoms with Gasteiger partial charge in [0, 0.05) is 24.7 Å². The Kier molecular flexibility index (Phi) is 4.62. The Labute approximate surface area is 139 Å². The lowest BCUT2D eigenvalue weighted by Gasteiger charge is -2.31. The Morgan fingerprint density at radius 3 is 2.57 bits per heavy atom. The summed E-state index contributed by atoms with van der Waals surface area (Å²) in [5, 5.41) is 0. The van der Waals surface area contributed by atoms with E-state index in [1.54, 1.807) is 7.11 Å². The van der Waals surface area contributed by atoms with Gasteiger partial charge in [0.2, 0.25) is 5.91 Å². The predicted octanol–water partition coefficient (Wildman–Crippen LogP) is 2.67. The van der Waals surface area contributed by atoms with Crippen LogP contribution >= 0.6 is 0 Å². The van der Waals surface area contributed by atoms with Gasteiger partial charge in [-0.1, -0.05) is 18.2 Å². The van der Waals surface area contributed by atoms with Crippen molar-refractivity contribution in [2.75, 3.05) is 33.3 Å². The number of nitrogens with zero attached hydrogens (tertiary/aromatic N) is 2. The van der Waals surface area contributed by atoms with Gasteiger partial charge in [0.15, 0.2) is 0 Å². The van der Waals surface area contributed by atoms with Crippen molar-refractivity contribution < 1.29 is 9.53 Å². The highest BCUT2D eigenvalue weighted by atomic mass is 16.5. The van der Waals surface area contributed by atoms with Crippen LogP contribution in [-0.2, 0) is 10.2 Å². The molecule has 0 aromatic heterocycles. The summed E-state index contributed by atoms with van der Waals surface area (Å²) in [4.78, 5) is 17.8. The van der Waals surface area contributed by atoms with Crippen LogP contribution in [0.2, 0.25) is 0 Å². The summed E-state index contributed by atoms with van der Waals surface area (Å²) in [5.74, 6) is 1.00. The summed E-state index contributed by atoms with van der Waals surface area (Å²) in [6, 6.07) is 8.41. The number of carbonyl (C=O) groups is 1. The van der Waals surface area contributed by atoms with Crippen molar-refractivity contribution in [3.05, 3.63) is 29.8 Å². The zero-order chi connectivity index (χ0) is 16.4. The number of benzene rings is 1. The van der Waals surface area contributed by atoms with E-state index in [-0.39, 0.29) is 5.91 Å². The highest BCUT2D eigenvalue weighted by Gasteiger charge is 2.40. The number of hydrogen-bond acceptors (Lipinski definition) is 3. The fourth-order valence-electron chi connectivity index (χ4n) is 4.00. The highest BCUT2D eigenvalue weighted by Crippen LogP contribution is 2.34. The van der Waals surface area contributed by atoms with Crippen LogP contribution in [0, 0.1) is 0 Å². The van der Waals surface area contributed by atoms with Gasteiger partial charge in [-0.25, -0.2) is 0 Å². The number of para-hydroxylation sites is 1. The van der Waals surface area contributed by atoms with Gasteiger partial charge in [0.05, 0.1) is 12.5 Å². The molecule has 1 amide bonds. The summed E-state index contributed by atoms with van der Waals surface area (Å²) in [6.45, 7) is 8.16. The van der Waals surface area contributed by atoms with Gasteiger partial charge in [-0.05, 0) is 52.3 Å². The molecule has 0 bridgehead atoms. The summed E-state index contributed by atoms with van der Waals surface area (Å²) >= 11 is 0. The molecule has 23 heavy (non-hydrogen) atoms. The third kappa shape index (κ3) is 3.09. The molecule has 126 valence electrons. The lowest BCUT2D eigenvalue weighted by atomic mass is 9.82. The third-order valence-electron chi connectivity index (χ3n) is 5.42. The maximum absolute atomic E-state index is 13.1. The number of likely N-dealkylation sites (tertiary alicyclic amines) is 2. The van der Waals surface area contributed by atoms with E-state index in [4.69, 9.17) is 4.74 Å². The zero-order valence-corrected chi connectivity index (χ0v) is 14.5. The van der Waals surface area contributed by atoms with E-state index in [1.807, 2.05) is 38.1 Å². The van der Waals surface area contributed by atoms with E-state index in [1.165, 1.54) is 25.9 Å². The molecule has 4 heteroatoms. The number of carbonyl (C=O) groups excluding carboxylic acids is 1. The molecule has 2 aliphatic rings. The van der Waals surface area contributed by atoms with Crippen LogP contribution < -0.4 is 4.74 Å². The summed E-state index contributed by atoms with van der Waals surface area (Å²) in [5.41, 5.74) is 0.407. The summed E-state index contributed by atoms with van der Waals surface area (Å²) < 4.78 is 5.47. The second-order valence-electron chi connectivity index (χ2n) is 7.26.